The van der Waals surface area contributed by atoms with E-state index in [1.54, 1.807) is 0 Å². The van der Waals surface area contributed by atoms with Gasteiger partial charge in [-0.2, -0.15) is 5.10 Å². The summed E-state index contributed by atoms with van der Waals surface area (Å²) < 4.78 is 34.6. The average Bonchev–Trinajstić information content (AvgIpc) is 3.31. The summed E-state index contributed by atoms with van der Waals surface area (Å²) >= 11 is 0. The van der Waals surface area contributed by atoms with Crippen LogP contribution in [0.15, 0.2) is 30.6 Å². The number of piperidine rings is 1. The van der Waals surface area contributed by atoms with Gasteiger partial charge in [0.15, 0.2) is 0 Å². The normalized spacial score (nSPS) is 14.6. The molecule has 4 rings (SSSR count). The molecule has 1 saturated heterocycles. The molecular formula is C24H29F2N5O2. The monoisotopic (exact) mass is 457 g/mol. The number of aryl methyl sites for hydroxylation is 1. The molecule has 2 aromatic heterocycles. The molecule has 1 aromatic carbocycles. The topological polar surface area (TPSA) is 87.2 Å². The molecular weight excluding hydrogens is 428 g/mol. The summed E-state index contributed by atoms with van der Waals surface area (Å²) in [4.78, 5) is 11.2. The maximum Gasteiger partial charge on any atom is 0.225 e. The summed E-state index contributed by atoms with van der Waals surface area (Å²) in [5.74, 6) is 0.0548. The maximum atomic E-state index is 14.5. The third kappa shape index (κ3) is 5.65. The Morgan fingerprint density at radius 3 is 2.42 bits per heavy atom. The minimum absolute atomic E-state index is 0.110. The van der Waals surface area contributed by atoms with Gasteiger partial charge in [-0.15, -0.1) is 0 Å². The van der Waals surface area contributed by atoms with Crippen LogP contribution in [0, 0.1) is 17.6 Å². The lowest BCUT2D eigenvalue weighted by Gasteiger charge is -2.32. The summed E-state index contributed by atoms with van der Waals surface area (Å²) in [7, 11) is 0. The van der Waals surface area contributed by atoms with E-state index in [1.807, 2.05) is 12.4 Å². The first-order chi connectivity index (χ1) is 16.1. The van der Waals surface area contributed by atoms with Crippen LogP contribution in [0.3, 0.4) is 0 Å². The van der Waals surface area contributed by atoms with Gasteiger partial charge < -0.3 is 14.7 Å². The SMILES string of the molecule is CCc1cnc(N2CCC(CCCOc3cc(F)c(-c4cc(CO)[nH]n4)c(F)c3)CC2)nc1. The quantitative estimate of drug-likeness (QED) is 0.467. The molecule has 9 heteroatoms. The van der Waals surface area contributed by atoms with E-state index in [0.717, 1.165) is 56.7 Å². The first-order valence-corrected chi connectivity index (χ1v) is 11.4. The van der Waals surface area contributed by atoms with Crippen molar-refractivity contribution in [3.8, 4) is 17.0 Å². The summed E-state index contributed by atoms with van der Waals surface area (Å²) in [5.41, 5.74) is 1.40. The third-order valence-electron chi connectivity index (χ3n) is 6.10. The lowest BCUT2D eigenvalue weighted by molar-refractivity contribution is 0.276. The van der Waals surface area contributed by atoms with Crippen molar-refractivity contribution in [3.05, 3.63) is 53.5 Å². The Morgan fingerprint density at radius 1 is 1.12 bits per heavy atom. The molecule has 1 aliphatic heterocycles. The van der Waals surface area contributed by atoms with Crippen LogP contribution < -0.4 is 9.64 Å². The molecule has 0 bridgehead atoms. The number of aromatic nitrogens is 4. The van der Waals surface area contributed by atoms with Gasteiger partial charge in [0.05, 0.1) is 30.2 Å². The number of aliphatic hydroxyl groups excluding tert-OH is 1. The van der Waals surface area contributed by atoms with Crippen LogP contribution in [0.1, 0.15) is 43.9 Å². The predicted octanol–water partition coefficient (Wildman–Crippen LogP) is 4.28. The second kappa shape index (κ2) is 10.7. The van der Waals surface area contributed by atoms with Crippen LogP contribution >= 0.6 is 0 Å². The summed E-state index contributed by atoms with van der Waals surface area (Å²) in [6.07, 6.45) is 8.67. The highest BCUT2D eigenvalue weighted by Gasteiger charge is 2.21. The Hall–Kier alpha value is -3.07. The fourth-order valence-corrected chi connectivity index (χ4v) is 4.13. The van der Waals surface area contributed by atoms with E-state index in [0.29, 0.717) is 18.2 Å². The Labute approximate surface area is 191 Å². The minimum Gasteiger partial charge on any atom is -0.493 e. The Bertz CT molecular complexity index is 1030. The highest BCUT2D eigenvalue weighted by molar-refractivity contribution is 5.62. The zero-order chi connectivity index (χ0) is 23.2. The van der Waals surface area contributed by atoms with Gasteiger partial charge in [0.1, 0.15) is 17.4 Å². The second-order valence-electron chi connectivity index (χ2n) is 8.36. The van der Waals surface area contributed by atoms with Crippen LogP contribution in [0.4, 0.5) is 14.7 Å². The molecule has 0 unspecified atom stereocenters. The van der Waals surface area contributed by atoms with Crippen LogP contribution in [-0.2, 0) is 13.0 Å². The van der Waals surface area contributed by atoms with E-state index < -0.39 is 11.6 Å². The predicted molar refractivity (Wildman–Crippen MR) is 121 cm³/mol. The molecule has 1 fully saturated rings. The smallest absolute Gasteiger partial charge is 0.225 e. The fourth-order valence-electron chi connectivity index (χ4n) is 4.13. The Kier molecular flexibility index (Phi) is 7.49. The molecule has 3 heterocycles. The van der Waals surface area contributed by atoms with Crippen LogP contribution in [-0.4, -0.2) is 45.0 Å². The number of halogens is 2. The van der Waals surface area contributed by atoms with Crippen molar-refractivity contribution in [2.75, 3.05) is 24.6 Å². The van der Waals surface area contributed by atoms with E-state index in [4.69, 9.17) is 9.84 Å². The molecule has 0 atom stereocenters. The average molecular weight is 458 g/mol. The summed E-state index contributed by atoms with van der Waals surface area (Å²) in [5, 5.41) is 15.5. The zero-order valence-corrected chi connectivity index (χ0v) is 18.7. The fraction of sp³-hybridized carbons (Fsp3) is 0.458. The van der Waals surface area contributed by atoms with Crippen molar-refractivity contribution < 1.29 is 18.6 Å². The largest absolute Gasteiger partial charge is 0.493 e. The summed E-state index contributed by atoms with van der Waals surface area (Å²) in [6, 6.07) is 3.77. The second-order valence-corrected chi connectivity index (χ2v) is 8.36. The molecule has 0 spiro atoms. The zero-order valence-electron chi connectivity index (χ0n) is 18.7. The van der Waals surface area contributed by atoms with Gasteiger partial charge in [-0.05, 0) is 49.7 Å². The lowest BCUT2D eigenvalue weighted by Crippen LogP contribution is -2.35. The van der Waals surface area contributed by atoms with Crippen LogP contribution in [0.25, 0.3) is 11.3 Å². The number of ether oxygens (including phenoxy) is 1. The number of aliphatic hydroxyl groups is 1. The van der Waals surface area contributed by atoms with E-state index >= 15 is 0 Å². The number of nitrogens with one attached hydrogen (secondary N) is 1. The number of benzene rings is 1. The lowest BCUT2D eigenvalue weighted by atomic mass is 9.92. The first kappa shape index (κ1) is 23.1. The first-order valence-electron chi connectivity index (χ1n) is 11.4. The van der Waals surface area contributed by atoms with Crippen LogP contribution in [0.5, 0.6) is 5.75 Å². The molecule has 176 valence electrons. The van der Waals surface area contributed by atoms with Gasteiger partial charge in [0.2, 0.25) is 5.95 Å². The van der Waals surface area contributed by atoms with Crippen molar-refractivity contribution in [1.29, 1.82) is 0 Å². The highest BCUT2D eigenvalue weighted by Crippen LogP contribution is 2.29. The Morgan fingerprint density at radius 2 is 1.82 bits per heavy atom. The van der Waals surface area contributed by atoms with Crippen LogP contribution in [0.2, 0.25) is 0 Å². The molecule has 2 N–H and O–H groups in total. The van der Waals surface area contributed by atoms with Crippen molar-refractivity contribution in [2.45, 2.75) is 45.6 Å². The van der Waals surface area contributed by atoms with Crippen molar-refractivity contribution in [1.82, 2.24) is 20.2 Å². The van der Waals surface area contributed by atoms with Gasteiger partial charge in [-0.3, -0.25) is 5.10 Å². The number of H-pyrrole nitrogens is 1. The Balaban J connectivity index is 1.22. The van der Waals surface area contributed by atoms with E-state index in [1.165, 1.54) is 18.2 Å². The van der Waals surface area contributed by atoms with Gasteiger partial charge in [-0.25, -0.2) is 18.7 Å². The van der Waals surface area contributed by atoms with E-state index in [2.05, 4.69) is 32.0 Å². The van der Waals surface area contributed by atoms with Gasteiger partial charge >= 0.3 is 0 Å². The van der Waals surface area contributed by atoms with Gasteiger partial charge in [0.25, 0.3) is 0 Å². The minimum atomic E-state index is -0.748. The highest BCUT2D eigenvalue weighted by atomic mass is 19.1. The number of hydrogen-bond acceptors (Lipinski definition) is 6. The maximum absolute atomic E-state index is 14.5. The number of aromatic amines is 1. The van der Waals surface area contributed by atoms with E-state index in [-0.39, 0.29) is 23.6 Å². The molecule has 0 aliphatic carbocycles. The standard InChI is InChI=1S/C24H29F2N5O2/c1-2-16-13-27-24(28-14-16)31-7-5-17(6-8-31)4-3-9-33-19-11-20(25)23(21(26)12-19)22-10-18(15-32)29-30-22/h10-14,17,32H,2-9,15H2,1H3,(H,29,30). The van der Waals surface area contributed by atoms with Crippen molar-refractivity contribution in [3.63, 3.8) is 0 Å². The molecule has 3 aromatic rings. The van der Waals surface area contributed by atoms with Gasteiger partial charge in [0, 0.05) is 37.6 Å². The number of hydrogen-bond donors (Lipinski definition) is 2. The number of nitrogens with zero attached hydrogens (tertiary/aromatic N) is 4. The van der Waals surface area contributed by atoms with Crippen molar-refractivity contribution >= 4 is 5.95 Å². The molecule has 33 heavy (non-hydrogen) atoms. The third-order valence-corrected chi connectivity index (χ3v) is 6.10. The van der Waals surface area contributed by atoms with Gasteiger partial charge in [-0.1, -0.05) is 6.92 Å². The molecule has 7 nitrogen and oxygen atoms in total. The molecule has 1 aliphatic rings. The van der Waals surface area contributed by atoms with Crippen molar-refractivity contribution in [2.24, 2.45) is 5.92 Å². The van der Waals surface area contributed by atoms with E-state index in [9.17, 15) is 8.78 Å². The summed E-state index contributed by atoms with van der Waals surface area (Å²) in [6.45, 7) is 4.07. The number of rotatable bonds is 9. The molecule has 0 radical (unpaired) electrons. The molecule has 0 saturated carbocycles. The number of anilines is 1. The molecule has 0 amide bonds.